The number of carbonyl (C=O) groups is 2. The van der Waals surface area contributed by atoms with Gasteiger partial charge in [0.15, 0.2) is 0 Å². The Kier molecular flexibility index (Phi) is 8.54. The maximum atomic E-state index is 12.5. The quantitative estimate of drug-likeness (QED) is 0.202. The van der Waals surface area contributed by atoms with Crippen molar-refractivity contribution in [3.05, 3.63) is 82.5 Å². The first-order valence-electron chi connectivity index (χ1n) is 15.0. The van der Waals surface area contributed by atoms with E-state index < -0.39 is 5.97 Å². The molecule has 0 saturated carbocycles. The van der Waals surface area contributed by atoms with E-state index in [4.69, 9.17) is 9.97 Å². The number of rotatable bonds is 9. The molecule has 4 N–H and O–H groups in total. The van der Waals surface area contributed by atoms with Gasteiger partial charge in [-0.2, -0.15) is 0 Å². The van der Waals surface area contributed by atoms with Crippen LogP contribution in [0.3, 0.4) is 0 Å². The van der Waals surface area contributed by atoms with E-state index in [0.717, 1.165) is 83.7 Å². The van der Waals surface area contributed by atoms with Crippen LogP contribution in [0.15, 0.2) is 37.4 Å². The number of carbonyl (C=O) groups excluding carboxylic acids is 1. The van der Waals surface area contributed by atoms with E-state index in [1.165, 1.54) is 0 Å². The number of aryl methyl sites for hydroxylation is 2. The van der Waals surface area contributed by atoms with Crippen molar-refractivity contribution in [2.45, 2.75) is 60.3 Å². The second kappa shape index (κ2) is 12.3. The lowest BCUT2D eigenvalue weighted by Gasteiger charge is -2.06. The Balaban J connectivity index is 1.88. The van der Waals surface area contributed by atoms with Gasteiger partial charge in [0.1, 0.15) is 0 Å². The molecule has 8 nitrogen and oxygen atoms in total. The van der Waals surface area contributed by atoms with Crippen LogP contribution in [0.5, 0.6) is 0 Å². The average Bonchev–Trinajstić information content (AvgIpc) is 3.64. The number of carboxylic acids is 1. The Morgan fingerprint density at radius 3 is 1.73 bits per heavy atom. The van der Waals surface area contributed by atoms with Crippen LogP contribution < -0.4 is 5.32 Å². The summed E-state index contributed by atoms with van der Waals surface area (Å²) in [6, 6.07) is 8.08. The van der Waals surface area contributed by atoms with Crippen LogP contribution in [-0.2, 0) is 9.59 Å². The van der Waals surface area contributed by atoms with Crippen LogP contribution in [-0.4, -0.2) is 43.5 Å². The minimum absolute atomic E-state index is 0.0121. The van der Waals surface area contributed by atoms with Crippen molar-refractivity contribution in [2.75, 3.05) is 6.54 Å². The number of nitrogens with one attached hydrogen (secondary N) is 3. The second-order valence-electron chi connectivity index (χ2n) is 11.3. The van der Waals surface area contributed by atoms with Crippen molar-refractivity contribution < 1.29 is 14.7 Å². The molecule has 2 aliphatic rings. The molecule has 0 fully saturated rings. The minimum Gasteiger partial charge on any atom is -0.481 e. The summed E-state index contributed by atoms with van der Waals surface area (Å²) >= 11 is 0. The monoisotopic (exact) mass is 589 g/mol. The third-order valence-corrected chi connectivity index (χ3v) is 8.61. The number of allylic oxidation sites excluding steroid dienone is 4. The lowest BCUT2D eigenvalue weighted by Crippen LogP contribution is -2.22. The Hall–Kier alpha value is -4.98. The number of H-pyrrole nitrogens is 2. The van der Waals surface area contributed by atoms with Gasteiger partial charge < -0.3 is 20.4 Å². The highest BCUT2D eigenvalue weighted by molar-refractivity contribution is 5.97. The van der Waals surface area contributed by atoms with Crippen molar-refractivity contribution in [3.63, 3.8) is 0 Å². The van der Waals surface area contributed by atoms with E-state index in [2.05, 4.69) is 48.4 Å². The Bertz CT molecular complexity index is 1950. The molecule has 0 unspecified atom stereocenters. The first-order valence-corrected chi connectivity index (χ1v) is 15.0. The molecule has 1 amide bonds. The minimum atomic E-state index is -0.865. The van der Waals surface area contributed by atoms with Gasteiger partial charge in [-0.05, 0) is 105 Å². The van der Waals surface area contributed by atoms with Crippen molar-refractivity contribution in [3.8, 4) is 0 Å². The zero-order valence-electron chi connectivity index (χ0n) is 26.1. The molecule has 0 radical (unpaired) electrons. The molecule has 0 spiro atoms. The molecule has 44 heavy (non-hydrogen) atoms. The van der Waals surface area contributed by atoms with E-state index in [1.54, 1.807) is 0 Å². The summed E-state index contributed by atoms with van der Waals surface area (Å²) in [5, 5.41) is 12.4. The number of hydrogen-bond donors (Lipinski definition) is 4. The Labute approximate surface area is 257 Å². The topological polar surface area (TPSA) is 124 Å². The first-order chi connectivity index (χ1) is 21.1. The molecule has 3 aromatic rings. The van der Waals surface area contributed by atoms with E-state index in [9.17, 15) is 14.7 Å². The zero-order valence-corrected chi connectivity index (χ0v) is 26.1. The molecule has 0 aromatic carbocycles. The van der Waals surface area contributed by atoms with Gasteiger partial charge in [0.25, 0.3) is 0 Å². The highest BCUT2D eigenvalue weighted by Gasteiger charge is 2.22. The lowest BCUT2D eigenvalue weighted by atomic mass is 9.98. The summed E-state index contributed by atoms with van der Waals surface area (Å²) in [6.07, 6.45) is 4.88. The number of carboxylic acid groups (broad SMARTS) is 1. The lowest BCUT2D eigenvalue weighted by molar-refractivity contribution is -0.136. The summed E-state index contributed by atoms with van der Waals surface area (Å²) in [5.74, 6) is -0.880. The molecule has 5 heterocycles. The molecular weight excluding hydrogens is 550 g/mol. The third kappa shape index (κ3) is 5.67. The van der Waals surface area contributed by atoms with Gasteiger partial charge in [-0.1, -0.05) is 25.3 Å². The molecule has 226 valence electrons. The number of amides is 1. The SMILES string of the molecule is C=Cc1c(C)c2cc3[nH]c(cc4nc(cc5nc(cc1[nH]2)C(C)=C5CCC(=O)O)C(CCC(=O)NCC)=C4C)c(C)c3C=C. The highest BCUT2D eigenvalue weighted by atomic mass is 16.4. The van der Waals surface area contributed by atoms with E-state index >= 15 is 0 Å². The van der Waals surface area contributed by atoms with Crippen LogP contribution in [0, 0.1) is 13.8 Å². The zero-order chi connectivity index (χ0) is 31.7. The summed E-state index contributed by atoms with van der Waals surface area (Å²) in [7, 11) is 0. The maximum Gasteiger partial charge on any atom is 0.303 e. The van der Waals surface area contributed by atoms with Gasteiger partial charge in [0.05, 0.1) is 22.8 Å². The van der Waals surface area contributed by atoms with Gasteiger partial charge in [0, 0.05) is 52.6 Å². The second-order valence-corrected chi connectivity index (χ2v) is 11.3. The number of aromatic amines is 2. The molecule has 8 heteroatoms. The van der Waals surface area contributed by atoms with Crippen molar-refractivity contribution in [1.29, 1.82) is 0 Å². The molecule has 0 aliphatic carbocycles. The third-order valence-electron chi connectivity index (χ3n) is 8.61. The predicted molar refractivity (Wildman–Crippen MR) is 180 cm³/mol. The van der Waals surface area contributed by atoms with E-state index in [0.29, 0.717) is 31.5 Å². The van der Waals surface area contributed by atoms with Crippen LogP contribution in [0.2, 0.25) is 0 Å². The highest BCUT2D eigenvalue weighted by Crippen LogP contribution is 2.38. The summed E-state index contributed by atoms with van der Waals surface area (Å²) in [4.78, 5) is 41.3. The summed E-state index contributed by atoms with van der Waals surface area (Å²) in [5.41, 5.74) is 14.5. The van der Waals surface area contributed by atoms with Gasteiger partial charge in [-0.25, -0.2) is 9.97 Å². The van der Waals surface area contributed by atoms with Crippen LogP contribution >= 0.6 is 0 Å². The smallest absolute Gasteiger partial charge is 0.303 e. The van der Waals surface area contributed by atoms with Crippen LogP contribution in [0.1, 0.15) is 91.5 Å². The van der Waals surface area contributed by atoms with Crippen LogP contribution in [0.25, 0.3) is 56.5 Å². The summed E-state index contributed by atoms with van der Waals surface area (Å²) in [6.45, 7) is 18.8. The largest absolute Gasteiger partial charge is 0.481 e. The first kappa shape index (κ1) is 30.5. The number of aromatic nitrogens is 4. The molecule has 8 bridgehead atoms. The molecule has 5 rings (SSSR count). The predicted octanol–water partition coefficient (Wildman–Crippen LogP) is 7.86. The number of hydrogen-bond acceptors (Lipinski definition) is 4. The van der Waals surface area contributed by atoms with Crippen LogP contribution in [0.4, 0.5) is 0 Å². The van der Waals surface area contributed by atoms with Crippen molar-refractivity contribution in [1.82, 2.24) is 25.3 Å². The maximum absolute atomic E-state index is 12.5. The molecule has 0 saturated heterocycles. The van der Waals surface area contributed by atoms with Gasteiger partial charge in [0.2, 0.25) is 5.91 Å². The fourth-order valence-corrected chi connectivity index (χ4v) is 6.06. The molecule has 2 aliphatic heterocycles. The number of fused-ring (bicyclic) bond motifs is 8. The average molecular weight is 590 g/mol. The molecule has 0 atom stereocenters. The number of aliphatic carboxylic acids is 1. The van der Waals surface area contributed by atoms with Gasteiger partial charge >= 0.3 is 5.97 Å². The summed E-state index contributed by atoms with van der Waals surface area (Å²) < 4.78 is 0. The van der Waals surface area contributed by atoms with Crippen molar-refractivity contribution in [2.24, 2.45) is 0 Å². The normalized spacial score (nSPS) is 12.9. The van der Waals surface area contributed by atoms with E-state index in [1.807, 2.05) is 51.1 Å². The molecular formula is C36H39N5O3. The molecule has 3 aromatic heterocycles. The van der Waals surface area contributed by atoms with E-state index in [-0.39, 0.29) is 12.3 Å². The van der Waals surface area contributed by atoms with Gasteiger partial charge in [-0.3, -0.25) is 9.59 Å². The van der Waals surface area contributed by atoms with Gasteiger partial charge in [-0.15, -0.1) is 0 Å². The fraction of sp³-hybridized carbons (Fsp3) is 0.278. The Morgan fingerprint density at radius 2 is 1.23 bits per heavy atom. The Morgan fingerprint density at radius 1 is 0.750 bits per heavy atom. The standard InChI is InChI=1S/C36H39N5O3/c1-8-23-19(4)27-15-28-21(6)25(11-13-35(42)37-10-3)33(40-28)18-34-26(12-14-36(43)44)22(7)30(41-34)17-32-24(9-2)20(5)29(39-32)16-31(23)38-27/h8-9,15-18,38-39H,1-2,10-14H2,3-7H3,(H,37,42)(H,43,44). The number of nitrogens with zero attached hydrogens (tertiary/aromatic N) is 2. The fourth-order valence-electron chi connectivity index (χ4n) is 6.06. The van der Waals surface area contributed by atoms with Crippen molar-refractivity contribution >= 4 is 68.4 Å².